The van der Waals surface area contributed by atoms with E-state index >= 15 is 0 Å². The van der Waals surface area contributed by atoms with E-state index in [1.54, 1.807) is 0 Å². The van der Waals surface area contributed by atoms with Crippen LogP contribution < -0.4 is 4.74 Å². The van der Waals surface area contributed by atoms with Crippen molar-refractivity contribution in [1.29, 1.82) is 0 Å². The topological polar surface area (TPSA) is 107 Å². The van der Waals surface area contributed by atoms with Gasteiger partial charge in [0.25, 0.3) is 0 Å². The maximum Gasteiger partial charge on any atom is 0.174 e. The Balaban J connectivity index is 2.04. The summed E-state index contributed by atoms with van der Waals surface area (Å²) in [4.78, 5) is 12.3. The number of Topliss-reactive ketones (excluding diaryl/α,β-unsaturated/α-hetero) is 1. The number of hydrogen-bond acceptors (Lipinski definition) is 6. The molecule has 1 atom stereocenters. The molecule has 0 fully saturated rings. The van der Waals surface area contributed by atoms with Crippen molar-refractivity contribution < 1.29 is 30.0 Å². The molecule has 1 aliphatic heterocycles. The van der Waals surface area contributed by atoms with E-state index in [0.717, 1.165) is 0 Å². The number of carbonyl (C=O) groups excluding carboxylic acids is 1. The molecular weight excluding hydrogens is 288 g/mol. The second-order valence-electron chi connectivity index (χ2n) is 5.22. The largest absolute Gasteiger partial charge is 0.507 e. The smallest absolute Gasteiger partial charge is 0.174 e. The Hall–Kier alpha value is -2.89. The maximum atomic E-state index is 12.3. The summed E-state index contributed by atoms with van der Waals surface area (Å²) in [6, 6.07) is 5.44. The number of ketones is 1. The van der Waals surface area contributed by atoms with Crippen molar-refractivity contribution in [2.75, 3.05) is 0 Å². The molecule has 2 aromatic carbocycles. The maximum absolute atomic E-state index is 12.3. The van der Waals surface area contributed by atoms with Gasteiger partial charge in [-0.25, -0.2) is 0 Å². The van der Waals surface area contributed by atoms with Crippen LogP contribution >= 0.6 is 0 Å². The number of phenols is 4. The summed E-state index contributed by atoms with van der Waals surface area (Å²) in [5.74, 6) is -1.26. The Morgan fingerprint density at radius 1 is 1.05 bits per heavy atom. The van der Waals surface area contributed by atoms with E-state index < -0.39 is 6.10 Å². The van der Waals surface area contributed by atoms with Crippen molar-refractivity contribution >= 4 is 5.78 Å². The fourth-order valence-electron chi connectivity index (χ4n) is 2.48. The first-order valence-corrected chi connectivity index (χ1v) is 6.65. The number of phenolic OH excluding ortho intramolecular Hbond substituents is 4. The van der Waals surface area contributed by atoms with Crippen molar-refractivity contribution in [3.8, 4) is 28.7 Å². The molecule has 1 heterocycles. The molecule has 22 heavy (non-hydrogen) atoms. The van der Waals surface area contributed by atoms with Gasteiger partial charge in [0.1, 0.15) is 28.9 Å². The second kappa shape index (κ2) is 4.84. The lowest BCUT2D eigenvalue weighted by Gasteiger charge is -2.27. The van der Waals surface area contributed by atoms with Gasteiger partial charge in [0, 0.05) is 11.6 Å². The summed E-state index contributed by atoms with van der Waals surface area (Å²) in [6.45, 7) is 1.50. The minimum absolute atomic E-state index is 0.0189. The summed E-state index contributed by atoms with van der Waals surface area (Å²) in [6.07, 6.45) is -0.692. The fraction of sp³-hybridized carbons (Fsp3) is 0.188. The Kier molecular flexibility index (Phi) is 3.09. The van der Waals surface area contributed by atoms with E-state index in [1.165, 1.54) is 31.2 Å². The number of aromatic hydroxyl groups is 4. The first kappa shape index (κ1) is 14.1. The first-order chi connectivity index (χ1) is 10.4. The molecule has 6 heteroatoms. The van der Waals surface area contributed by atoms with Gasteiger partial charge in [-0.05, 0) is 24.6 Å². The molecule has 0 saturated carbocycles. The van der Waals surface area contributed by atoms with Crippen LogP contribution in [0.5, 0.6) is 28.7 Å². The minimum atomic E-state index is -0.673. The van der Waals surface area contributed by atoms with Crippen LogP contribution in [0.2, 0.25) is 0 Å². The van der Waals surface area contributed by atoms with Crippen molar-refractivity contribution in [3.05, 3.63) is 41.0 Å². The number of hydrogen-bond donors (Lipinski definition) is 4. The molecule has 114 valence electrons. The highest BCUT2D eigenvalue weighted by molar-refractivity contribution is 6.03. The Labute approximate surface area is 125 Å². The van der Waals surface area contributed by atoms with Gasteiger partial charge in [-0.3, -0.25) is 4.79 Å². The molecule has 0 bridgehead atoms. The third-order valence-electron chi connectivity index (χ3n) is 3.78. The molecule has 0 spiro atoms. The van der Waals surface area contributed by atoms with Gasteiger partial charge in [0.15, 0.2) is 17.3 Å². The lowest BCUT2D eigenvalue weighted by atomic mass is 9.94. The number of ether oxygens (including phenoxy) is 1. The number of rotatable bonds is 1. The molecule has 0 aromatic heterocycles. The van der Waals surface area contributed by atoms with Crippen LogP contribution in [0.15, 0.2) is 24.3 Å². The van der Waals surface area contributed by atoms with E-state index in [1.807, 2.05) is 0 Å². The lowest BCUT2D eigenvalue weighted by Crippen LogP contribution is -2.20. The van der Waals surface area contributed by atoms with Crippen LogP contribution in [0.3, 0.4) is 0 Å². The lowest BCUT2D eigenvalue weighted by molar-refractivity contribution is 0.0844. The quantitative estimate of drug-likeness (QED) is 0.603. The average Bonchev–Trinajstić information content (AvgIpc) is 2.47. The molecule has 3 rings (SSSR count). The van der Waals surface area contributed by atoms with E-state index in [-0.39, 0.29) is 52.1 Å². The van der Waals surface area contributed by atoms with Gasteiger partial charge in [-0.2, -0.15) is 0 Å². The molecule has 0 unspecified atom stereocenters. The minimum Gasteiger partial charge on any atom is -0.507 e. The average molecular weight is 302 g/mol. The summed E-state index contributed by atoms with van der Waals surface area (Å²) < 4.78 is 5.67. The Morgan fingerprint density at radius 3 is 2.45 bits per heavy atom. The van der Waals surface area contributed by atoms with Crippen LogP contribution in [0.4, 0.5) is 0 Å². The highest BCUT2D eigenvalue weighted by Crippen LogP contribution is 2.44. The van der Waals surface area contributed by atoms with E-state index in [9.17, 15) is 25.2 Å². The SMILES string of the molecule is Cc1c(O)cc2c(c1O)C(=O)C[C@@H](c1ccc(O)c(O)c1)O2. The standard InChI is InChI=1S/C16H14O6/c1-7-10(18)5-14-15(16(7)21)12(20)6-13(22-14)8-2-3-9(17)11(19)4-8/h2-5,13,17-19,21H,6H2,1H3/t13-/m0/s1. The van der Waals surface area contributed by atoms with Crippen molar-refractivity contribution in [2.24, 2.45) is 0 Å². The predicted molar refractivity (Wildman–Crippen MR) is 76.6 cm³/mol. The predicted octanol–water partition coefficient (Wildman–Crippen LogP) is 2.52. The Morgan fingerprint density at radius 2 is 1.77 bits per heavy atom. The zero-order valence-corrected chi connectivity index (χ0v) is 11.7. The van der Waals surface area contributed by atoms with Crippen molar-refractivity contribution in [3.63, 3.8) is 0 Å². The highest BCUT2D eigenvalue weighted by atomic mass is 16.5. The molecule has 2 aromatic rings. The van der Waals surface area contributed by atoms with Crippen molar-refractivity contribution in [1.82, 2.24) is 0 Å². The third kappa shape index (κ3) is 2.09. The third-order valence-corrected chi connectivity index (χ3v) is 3.78. The Bertz CT molecular complexity index is 781. The van der Waals surface area contributed by atoms with Gasteiger partial charge in [-0.15, -0.1) is 0 Å². The summed E-state index contributed by atoms with van der Waals surface area (Å²) >= 11 is 0. The number of fused-ring (bicyclic) bond motifs is 1. The summed E-state index contributed by atoms with van der Waals surface area (Å²) in [5.41, 5.74) is 0.778. The molecule has 0 aliphatic carbocycles. The molecular formula is C16H14O6. The van der Waals surface area contributed by atoms with Gasteiger partial charge >= 0.3 is 0 Å². The van der Waals surface area contributed by atoms with Crippen LogP contribution in [0.25, 0.3) is 0 Å². The van der Waals surface area contributed by atoms with Crippen LogP contribution in [-0.2, 0) is 0 Å². The highest BCUT2D eigenvalue weighted by Gasteiger charge is 2.32. The zero-order chi connectivity index (χ0) is 16.0. The van der Waals surface area contributed by atoms with Gasteiger partial charge in [0.2, 0.25) is 0 Å². The fourth-order valence-corrected chi connectivity index (χ4v) is 2.48. The second-order valence-corrected chi connectivity index (χ2v) is 5.22. The molecule has 1 aliphatic rings. The molecule has 6 nitrogen and oxygen atoms in total. The number of carbonyl (C=O) groups is 1. The monoisotopic (exact) mass is 302 g/mol. The summed E-state index contributed by atoms with van der Waals surface area (Å²) in [7, 11) is 0. The molecule has 0 radical (unpaired) electrons. The molecule has 0 amide bonds. The van der Waals surface area contributed by atoms with Crippen LogP contribution in [-0.4, -0.2) is 26.2 Å². The van der Waals surface area contributed by atoms with Gasteiger partial charge in [-0.1, -0.05) is 6.07 Å². The molecule has 4 N–H and O–H groups in total. The van der Waals surface area contributed by atoms with Crippen LogP contribution in [0, 0.1) is 6.92 Å². The summed E-state index contributed by atoms with van der Waals surface area (Å²) in [5, 5.41) is 38.6. The normalized spacial score (nSPS) is 17.0. The molecule has 0 saturated heterocycles. The number of benzene rings is 2. The van der Waals surface area contributed by atoms with Crippen molar-refractivity contribution in [2.45, 2.75) is 19.4 Å². The van der Waals surface area contributed by atoms with Gasteiger partial charge in [0.05, 0.1) is 6.42 Å². The van der Waals surface area contributed by atoms with E-state index in [2.05, 4.69) is 0 Å². The van der Waals surface area contributed by atoms with Gasteiger partial charge < -0.3 is 25.2 Å². The first-order valence-electron chi connectivity index (χ1n) is 6.65. The van der Waals surface area contributed by atoms with Crippen LogP contribution in [0.1, 0.15) is 34.0 Å². The van der Waals surface area contributed by atoms with E-state index in [4.69, 9.17) is 4.74 Å². The zero-order valence-electron chi connectivity index (χ0n) is 11.7. The van der Waals surface area contributed by atoms with E-state index in [0.29, 0.717) is 5.56 Å².